The predicted molar refractivity (Wildman–Crippen MR) is 59.3 cm³/mol. The van der Waals surface area contributed by atoms with E-state index in [4.69, 9.17) is 11.6 Å². The molecule has 4 nitrogen and oxygen atoms in total. The van der Waals surface area contributed by atoms with Crippen molar-refractivity contribution in [1.29, 1.82) is 0 Å². The van der Waals surface area contributed by atoms with E-state index in [0.29, 0.717) is 6.54 Å². The molecular formula is C9H16ClNO3S. The second-order valence-electron chi connectivity index (χ2n) is 3.88. The zero-order valence-corrected chi connectivity index (χ0v) is 10.4. The number of hydrogen-bond acceptors (Lipinski definition) is 3. The van der Waals surface area contributed by atoms with Crippen molar-refractivity contribution in [2.45, 2.75) is 38.6 Å². The summed E-state index contributed by atoms with van der Waals surface area (Å²) in [4.78, 5) is 10.5. The minimum Gasteiger partial charge on any atom is -0.281 e. The summed E-state index contributed by atoms with van der Waals surface area (Å²) in [7, 11) is -3.30. The SMILES string of the molecule is CC1CCCCN1S(=O)(=O)CCC(=O)Cl. The third-order valence-electron chi connectivity index (χ3n) is 2.66. The van der Waals surface area contributed by atoms with Gasteiger partial charge in [-0.1, -0.05) is 6.42 Å². The Morgan fingerprint density at radius 3 is 2.67 bits per heavy atom. The van der Waals surface area contributed by atoms with Crippen LogP contribution in [0.4, 0.5) is 0 Å². The molecule has 6 heteroatoms. The van der Waals surface area contributed by atoms with E-state index in [-0.39, 0.29) is 18.2 Å². The maximum Gasteiger partial charge on any atom is 0.222 e. The quantitative estimate of drug-likeness (QED) is 0.711. The molecule has 15 heavy (non-hydrogen) atoms. The molecule has 1 heterocycles. The summed E-state index contributed by atoms with van der Waals surface area (Å²) in [6.07, 6.45) is 2.77. The molecule has 0 spiro atoms. The first kappa shape index (κ1) is 12.9. The Hall–Kier alpha value is -0.130. The Balaban J connectivity index is 2.63. The number of rotatable bonds is 4. The highest BCUT2D eigenvalue weighted by molar-refractivity contribution is 7.89. The van der Waals surface area contributed by atoms with E-state index in [1.165, 1.54) is 4.31 Å². The Morgan fingerprint density at radius 1 is 1.47 bits per heavy atom. The number of carbonyl (C=O) groups excluding carboxylic acids is 1. The van der Waals surface area contributed by atoms with Crippen LogP contribution in [0.3, 0.4) is 0 Å². The van der Waals surface area contributed by atoms with Crippen molar-refractivity contribution >= 4 is 26.9 Å². The van der Waals surface area contributed by atoms with Gasteiger partial charge in [0.15, 0.2) is 0 Å². The zero-order valence-electron chi connectivity index (χ0n) is 8.78. The molecule has 88 valence electrons. The van der Waals surface area contributed by atoms with Crippen molar-refractivity contribution in [1.82, 2.24) is 4.31 Å². The first-order chi connectivity index (χ1) is 6.93. The molecule has 0 aromatic heterocycles. The molecule has 0 aliphatic carbocycles. The van der Waals surface area contributed by atoms with E-state index in [1.54, 1.807) is 0 Å². The highest BCUT2D eigenvalue weighted by Gasteiger charge is 2.29. The van der Waals surface area contributed by atoms with Gasteiger partial charge in [-0.2, -0.15) is 4.31 Å². The van der Waals surface area contributed by atoms with Crippen LogP contribution in [-0.4, -0.2) is 36.3 Å². The Bertz CT molecular complexity index is 328. The molecule has 1 aliphatic rings. The maximum absolute atomic E-state index is 11.8. The lowest BCUT2D eigenvalue weighted by atomic mass is 10.1. The number of halogens is 1. The van der Waals surface area contributed by atoms with Gasteiger partial charge in [0.05, 0.1) is 5.75 Å². The number of piperidine rings is 1. The molecule has 1 fully saturated rings. The van der Waals surface area contributed by atoms with Gasteiger partial charge in [0.1, 0.15) is 0 Å². The molecule has 1 rings (SSSR count). The molecule has 0 aromatic rings. The molecule has 0 aromatic carbocycles. The summed E-state index contributed by atoms with van der Waals surface area (Å²) in [5.41, 5.74) is 0. The van der Waals surface area contributed by atoms with Crippen molar-refractivity contribution in [2.24, 2.45) is 0 Å². The minimum absolute atomic E-state index is 0.0502. The van der Waals surface area contributed by atoms with E-state index in [9.17, 15) is 13.2 Å². The van der Waals surface area contributed by atoms with Crippen LogP contribution >= 0.6 is 11.6 Å². The molecule has 0 saturated carbocycles. The van der Waals surface area contributed by atoms with Crippen molar-refractivity contribution in [3.63, 3.8) is 0 Å². The van der Waals surface area contributed by atoms with Gasteiger partial charge in [-0.15, -0.1) is 0 Å². The fourth-order valence-electron chi connectivity index (χ4n) is 1.81. The molecule has 1 aliphatic heterocycles. The first-order valence-corrected chi connectivity index (χ1v) is 7.10. The average molecular weight is 254 g/mol. The normalized spacial score (nSPS) is 24.0. The summed E-state index contributed by atoms with van der Waals surface area (Å²) in [6, 6.07) is 0.0502. The van der Waals surface area contributed by atoms with Crippen LogP contribution in [0.2, 0.25) is 0 Å². The van der Waals surface area contributed by atoms with E-state index in [0.717, 1.165) is 19.3 Å². The Morgan fingerprint density at radius 2 is 2.13 bits per heavy atom. The second-order valence-corrected chi connectivity index (χ2v) is 6.34. The molecule has 1 saturated heterocycles. The van der Waals surface area contributed by atoms with Crippen LogP contribution in [0.15, 0.2) is 0 Å². The van der Waals surface area contributed by atoms with Crippen molar-refractivity contribution in [3.05, 3.63) is 0 Å². The Labute approximate surface area is 95.6 Å². The lowest BCUT2D eigenvalue weighted by molar-refractivity contribution is -0.111. The van der Waals surface area contributed by atoms with Gasteiger partial charge in [-0.25, -0.2) is 8.42 Å². The molecular weight excluding hydrogens is 238 g/mol. The van der Waals surface area contributed by atoms with E-state index < -0.39 is 15.3 Å². The monoisotopic (exact) mass is 253 g/mol. The van der Waals surface area contributed by atoms with Crippen LogP contribution in [-0.2, 0) is 14.8 Å². The molecule has 0 bridgehead atoms. The van der Waals surface area contributed by atoms with Crippen molar-refractivity contribution < 1.29 is 13.2 Å². The summed E-state index contributed by atoms with van der Waals surface area (Å²) in [5.74, 6) is -0.167. The standard InChI is InChI=1S/C9H16ClNO3S/c1-8-4-2-3-6-11(8)15(13,14)7-5-9(10)12/h8H,2-7H2,1H3. The summed E-state index contributed by atoms with van der Waals surface area (Å²) < 4.78 is 25.1. The lowest BCUT2D eigenvalue weighted by Crippen LogP contribution is -2.43. The molecule has 0 amide bonds. The van der Waals surface area contributed by atoms with Gasteiger partial charge in [0, 0.05) is 19.0 Å². The van der Waals surface area contributed by atoms with Crippen LogP contribution in [0, 0.1) is 0 Å². The number of sulfonamides is 1. The fraction of sp³-hybridized carbons (Fsp3) is 0.889. The molecule has 1 atom stereocenters. The van der Waals surface area contributed by atoms with Crippen molar-refractivity contribution in [3.8, 4) is 0 Å². The maximum atomic E-state index is 11.8. The van der Waals surface area contributed by atoms with Gasteiger partial charge in [-0.3, -0.25) is 4.79 Å². The van der Waals surface area contributed by atoms with Crippen LogP contribution in [0.25, 0.3) is 0 Å². The van der Waals surface area contributed by atoms with E-state index in [2.05, 4.69) is 0 Å². The second kappa shape index (κ2) is 5.27. The van der Waals surface area contributed by atoms with Gasteiger partial charge in [0.2, 0.25) is 15.3 Å². The lowest BCUT2D eigenvalue weighted by Gasteiger charge is -2.32. The summed E-state index contributed by atoms with van der Waals surface area (Å²) >= 11 is 5.14. The first-order valence-electron chi connectivity index (χ1n) is 5.11. The smallest absolute Gasteiger partial charge is 0.222 e. The molecule has 0 radical (unpaired) electrons. The van der Waals surface area contributed by atoms with Crippen LogP contribution in [0.1, 0.15) is 32.6 Å². The highest BCUT2D eigenvalue weighted by Crippen LogP contribution is 2.20. The molecule has 0 N–H and O–H groups in total. The number of nitrogens with zero attached hydrogens (tertiary/aromatic N) is 1. The minimum atomic E-state index is -3.30. The Kier molecular flexibility index (Phi) is 4.55. The number of hydrogen-bond donors (Lipinski definition) is 0. The largest absolute Gasteiger partial charge is 0.281 e. The van der Waals surface area contributed by atoms with Gasteiger partial charge < -0.3 is 0 Å². The van der Waals surface area contributed by atoms with Crippen LogP contribution in [0.5, 0.6) is 0 Å². The third-order valence-corrected chi connectivity index (χ3v) is 4.82. The van der Waals surface area contributed by atoms with Gasteiger partial charge in [0.25, 0.3) is 0 Å². The van der Waals surface area contributed by atoms with Crippen LogP contribution < -0.4 is 0 Å². The highest BCUT2D eigenvalue weighted by atomic mass is 35.5. The molecule has 1 unspecified atom stereocenters. The van der Waals surface area contributed by atoms with E-state index >= 15 is 0 Å². The average Bonchev–Trinajstić information content (AvgIpc) is 2.15. The van der Waals surface area contributed by atoms with Gasteiger partial charge in [-0.05, 0) is 31.4 Å². The predicted octanol–water partition coefficient (Wildman–Crippen LogP) is 1.35. The number of carbonyl (C=O) groups is 1. The summed E-state index contributed by atoms with van der Waals surface area (Å²) in [6.45, 7) is 2.47. The zero-order chi connectivity index (χ0) is 11.5. The van der Waals surface area contributed by atoms with Crippen molar-refractivity contribution in [2.75, 3.05) is 12.3 Å². The fourth-order valence-corrected chi connectivity index (χ4v) is 3.76. The van der Waals surface area contributed by atoms with Gasteiger partial charge >= 0.3 is 0 Å². The topological polar surface area (TPSA) is 54.5 Å². The third kappa shape index (κ3) is 3.74. The summed E-state index contributed by atoms with van der Waals surface area (Å²) in [5, 5.41) is -0.594. The van der Waals surface area contributed by atoms with E-state index in [1.807, 2.05) is 6.92 Å².